The summed E-state index contributed by atoms with van der Waals surface area (Å²) in [4.78, 5) is 11.3. The van der Waals surface area contributed by atoms with Gasteiger partial charge in [0.2, 0.25) is 0 Å². The fraction of sp³-hybridized carbons (Fsp3) is 0.300. The topological polar surface area (TPSA) is 26.3 Å². The maximum Gasteiger partial charge on any atom is 0.313 e. The molecule has 0 radical (unpaired) electrons. The zero-order valence-electron chi connectivity index (χ0n) is 7.74. The monoisotopic (exact) mass is 214 g/mol. The molecule has 1 aromatic rings. The molecule has 0 spiro atoms. The van der Waals surface area contributed by atoms with Gasteiger partial charge >= 0.3 is 5.97 Å². The Labute approximate surface area is 87.5 Å². The van der Waals surface area contributed by atoms with Gasteiger partial charge in [-0.2, -0.15) is 12.6 Å². The van der Waals surface area contributed by atoms with Crippen molar-refractivity contribution < 1.29 is 13.9 Å². The molecule has 0 amide bonds. The van der Waals surface area contributed by atoms with E-state index >= 15 is 0 Å². The highest BCUT2D eigenvalue weighted by molar-refractivity contribution is 7.80. The third kappa shape index (κ3) is 2.48. The number of hydrogen-bond acceptors (Lipinski definition) is 3. The first kappa shape index (κ1) is 11.0. The predicted molar refractivity (Wildman–Crippen MR) is 55.0 cm³/mol. The maximum absolute atomic E-state index is 12.6. The first-order chi connectivity index (χ1) is 6.69. The smallest absolute Gasteiger partial charge is 0.313 e. The van der Waals surface area contributed by atoms with Crippen molar-refractivity contribution in [3.05, 3.63) is 35.6 Å². The zero-order chi connectivity index (χ0) is 10.6. The summed E-state index contributed by atoms with van der Waals surface area (Å²) in [5.41, 5.74) is 0.716. The van der Waals surface area contributed by atoms with Crippen molar-refractivity contribution in [2.24, 2.45) is 0 Å². The Morgan fingerprint density at radius 1 is 1.50 bits per heavy atom. The molecule has 0 N–H and O–H groups in total. The fourth-order valence-electron chi connectivity index (χ4n) is 1.15. The lowest BCUT2D eigenvalue weighted by molar-refractivity contribution is -0.141. The van der Waals surface area contributed by atoms with Crippen molar-refractivity contribution in [3.63, 3.8) is 0 Å². The van der Waals surface area contributed by atoms with E-state index in [1.807, 2.05) is 0 Å². The molecule has 1 atom stereocenters. The van der Waals surface area contributed by atoms with Crippen LogP contribution in [0.1, 0.15) is 11.5 Å². The van der Waals surface area contributed by atoms with Gasteiger partial charge in [0, 0.05) is 5.75 Å². The molecule has 0 aliphatic heterocycles. The van der Waals surface area contributed by atoms with Crippen molar-refractivity contribution >= 4 is 18.6 Å². The second-order valence-corrected chi connectivity index (χ2v) is 3.18. The SMILES string of the molecule is COC(=O)C(CS)c1ccc(F)cc1. The molecule has 14 heavy (non-hydrogen) atoms. The van der Waals surface area contributed by atoms with Gasteiger partial charge < -0.3 is 4.74 Å². The molecule has 0 aliphatic carbocycles. The predicted octanol–water partition coefficient (Wildman–Crippen LogP) is 2.01. The first-order valence-corrected chi connectivity index (χ1v) is 4.76. The molecule has 0 saturated carbocycles. The molecule has 0 aromatic heterocycles. The standard InChI is InChI=1S/C10H11FO2S/c1-13-10(12)9(6-14)7-2-4-8(11)5-3-7/h2-5,9,14H,6H2,1H3. The summed E-state index contributed by atoms with van der Waals surface area (Å²) in [5.74, 6) is -0.759. The lowest BCUT2D eigenvalue weighted by Crippen LogP contribution is -2.15. The van der Waals surface area contributed by atoms with E-state index in [4.69, 9.17) is 0 Å². The minimum absolute atomic E-state index is 0.323. The summed E-state index contributed by atoms with van der Waals surface area (Å²) in [7, 11) is 1.32. The van der Waals surface area contributed by atoms with Crippen molar-refractivity contribution in [2.45, 2.75) is 5.92 Å². The van der Waals surface area contributed by atoms with E-state index in [1.54, 1.807) is 12.1 Å². The van der Waals surface area contributed by atoms with Gasteiger partial charge in [0.15, 0.2) is 0 Å². The highest BCUT2D eigenvalue weighted by Crippen LogP contribution is 2.18. The van der Waals surface area contributed by atoms with Crippen LogP contribution in [0, 0.1) is 5.82 Å². The summed E-state index contributed by atoms with van der Waals surface area (Å²) in [6, 6.07) is 5.75. The van der Waals surface area contributed by atoms with Crippen LogP contribution in [-0.4, -0.2) is 18.8 Å². The van der Waals surface area contributed by atoms with Crippen molar-refractivity contribution in [1.82, 2.24) is 0 Å². The molecular formula is C10H11FO2S. The van der Waals surface area contributed by atoms with Crippen LogP contribution in [0.2, 0.25) is 0 Å². The van der Waals surface area contributed by atoms with E-state index in [-0.39, 0.29) is 11.8 Å². The Balaban J connectivity index is 2.89. The van der Waals surface area contributed by atoms with E-state index < -0.39 is 5.92 Å². The molecule has 0 heterocycles. The van der Waals surface area contributed by atoms with Crippen LogP contribution < -0.4 is 0 Å². The normalized spacial score (nSPS) is 12.2. The highest BCUT2D eigenvalue weighted by Gasteiger charge is 2.19. The van der Waals surface area contributed by atoms with Crippen LogP contribution in [0.4, 0.5) is 4.39 Å². The number of rotatable bonds is 3. The number of carbonyl (C=O) groups is 1. The van der Waals surface area contributed by atoms with Gasteiger partial charge in [0.1, 0.15) is 5.82 Å². The summed E-state index contributed by atoms with van der Waals surface area (Å²) in [6.07, 6.45) is 0. The molecule has 0 fully saturated rings. The first-order valence-electron chi connectivity index (χ1n) is 4.13. The maximum atomic E-state index is 12.6. The van der Waals surface area contributed by atoms with Gasteiger partial charge in [-0.3, -0.25) is 4.79 Å². The van der Waals surface area contributed by atoms with Gasteiger partial charge in [-0.05, 0) is 17.7 Å². The molecule has 1 aromatic carbocycles. The molecule has 4 heteroatoms. The number of esters is 1. The van der Waals surface area contributed by atoms with Crippen LogP contribution in [-0.2, 0) is 9.53 Å². The van der Waals surface area contributed by atoms with Gasteiger partial charge in [0.05, 0.1) is 13.0 Å². The molecule has 1 rings (SSSR count). The van der Waals surface area contributed by atoms with Crippen LogP contribution in [0.15, 0.2) is 24.3 Å². The minimum Gasteiger partial charge on any atom is -0.469 e. The molecule has 0 aliphatic rings. The summed E-state index contributed by atoms with van der Waals surface area (Å²) in [6.45, 7) is 0. The van der Waals surface area contributed by atoms with E-state index in [0.717, 1.165) is 0 Å². The zero-order valence-corrected chi connectivity index (χ0v) is 8.63. The molecule has 2 nitrogen and oxygen atoms in total. The number of methoxy groups -OCH3 is 1. The number of hydrogen-bond donors (Lipinski definition) is 1. The van der Waals surface area contributed by atoms with Crippen LogP contribution >= 0.6 is 12.6 Å². The van der Waals surface area contributed by atoms with Gasteiger partial charge in [-0.25, -0.2) is 4.39 Å². The van der Waals surface area contributed by atoms with E-state index in [9.17, 15) is 9.18 Å². The molecule has 1 unspecified atom stereocenters. The Hall–Kier alpha value is -1.03. The second kappa shape index (κ2) is 5.00. The Morgan fingerprint density at radius 3 is 2.50 bits per heavy atom. The largest absolute Gasteiger partial charge is 0.469 e. The van der Waals surface area contributed by atoms with Crippen molar-refractivity contribution in [1.29, 1.82) is 0 Å². The molecular weight excluding hydrogens is 203 g/mol. The average molecular weight is 214 g/mol. The third-order valence-corrected chi connectivity index (χ3v) is 2.31. The van der Waals surface area contributed by atoms with Crippen LogP contribution in [0.25, 0.3) is 0 Å². The second-order valence-electron chi connectivity index (χ2n) is 2.81. The summed E-state index contributed by atoms with van der Waals surface area (Å²) < 4.78 is 17.2. The Kier molecular flexibility index (Phi) is 3.95. The van der Waals surface area contributed by atoms with E-state index in [0.29, 0.717) is 11.3 Å². The van der Waals surface area contributed by atoms with Crippen molar-refractivity contribution in [2.75, 3.05) is 12.9 Å². The summed E-state index contributed by atoms with van der Waals surface area (Å²) in [5, 5.41) is 0. The number of benzene rings is 1. The van der Waals surface area contributed by atoms with Crippen LogP contribution in [0.3, 0.4) is 0 Å². The Morgan fingerprint density at radius 2 is 2.07 bits per heavy atom. The molecule has 0 saturated heterocycles. The minimum atomic E-state index is -0.427. The number of thiol groups is 1. The van der Waals surface area contributed by atoms with Crippen molar-refractivity contribution in [3.8, 4) is 0 Å². The number of carbonyl (C=O) groups excluding carboxylic acids is 1. The average Bonchev–Trinajstić information content (AvgIpc) is 2.21. The lowest BCUT2D eigenvalue weighted by Gasteiger charge is -2.11. The number of ether oxygens (including phenoxy) is 1. The quantitative estimate of drug-likeness (QED) is 0.615. The van der Waals surface area contributed by atoms with Gasteiger partial charge in [-0.1, -0.05) is 12.1 Å². The van der Waals surface area contributed by atoms with E-state index in [2.05, 4.69) is 17.4 Å². The molecule has 0 bridgehead atoms. The Bertz CT molecular complexity index is 310. The fourth-order valence-corrected chi connectivity index (χ4v) is 1.51. The van der Waals surface area contributed by atoms with Gasteiger partial charge in [-0.15, -0.1) is 0 Å². The highest BCUT2D eigenvalue weighted by atomic mass is 32.1. The van der Waals surface area contributed by atoms with Crippen LogP contribution in [0.5, 0.6) is 0 Å². The van der Waals surface area contributed by atoms with Gasteiger partial charge in [0.25, 0.3) is 0 Å². The third-order valence-electron chi connectivity index (χ3n) is 1.94. The molecule has 76 valence electrons. The number of halogens is 1. The lowest BCUT2D eigenvalue weighted by atomic mass is 10.0. The van der Waals surface area contributed by atoms with E-state index in [1.165, 1.54) is 19.2 Å². The summed E-state index contributed by atoms with van der Waals surface area (Å²) >= 11 is 4.05.